The highest BCUT2D eigenvalue weighted by atomic mass is 32.2. The van der Waals surface area contributed by atoms with E-state index in [1.807, 2.05) is 13.0 Å². The molecule has 178 valence electrons. The van der Waals surface area contributed by atoms with E-state index in [2.05, 4.69) is 10.2 Å². The Morgan fingerprint density at radius 2 is 1.88 bits per heavy atom. The van der Waals surface area contributed by atoms with Crippen LogP contribution in [-0.4, -0.2) is 84.8 Å². The number of hydrogen-bond acceptors (Lipinski definition) is 6. The van der Waals surface area contributed by atoms with Crippen molar-refractivity contribution in [3.63, 3.8) is 0 Å². The van der Waals surface area contributed by atoms with Crippen molar-refractivity contribution < 1.29 is 22.8 Å². The van der Waals surface area contributed by atoms with Crippen molar-refractivity contribution in [2.45, 2.75) is 56.8 Å². The fraction of sp³-hybridized carbons (Fsp3) is 0.609. The predicted octanol–water partition coefficient (Wildman–Crippen LogP) is 0.753. The number of carbonyl (C=O) groups excluding carboxylic acids is 3. The third-order valence-electron chi connectivity index (χ3n) is 7.59. The summed E-state index contributed by atoms with van der Waals surface area (Å²) < 4.78 is 24.6. The number of rotatable bonds is 5. The standard InChI is InChI=1S/C23H30N4O5S/c1-23-10-8-21(29)27(23)18-7-3-2-6-16(18)22(30)26(23)13-9-20(28)24-17-14-33(31,32)15-19(17)25-11-4-5-12-25/h2-3,6-7,17,19H,4-5,8-15H2,1H3,(H,24,28). The molecular weight excluding hydrogens is 444 g/mol. The molecule has 10 heteroatoms. The van der Waals surface area contributed by atoms with Gasteiger partial charge < -0.3 is 10.2 Å². The Hall–Kier alpha value is -2.46. The van der Waals surface area contributed by atoms with Crippen molar-refractivity contribution in [1.82, 2.24) is 15.1 Å². The van der Waals surface area contributed by atoms with Gasteiger partial charge in [-0.15, -0.1) is 0 Å². The van der Waals surface area contributed by atoms with Gasteiger partial charge in [0.25, 0.3) is 5.91 Å². The van der Waals surface area contributed by atoms with Gasteiger partial charge in [-0.2, -0.15) is 0 Å². The summed E-state index contributed by atoms with van der Waals surface area (Å²) in [6.45, 7) is 3.75. The number of carbonyl (C=O) groups is 3. The second-order valence-electron chi connectivity index (χ2n) is 9.73. The van der Waals surface area contributed by atoms with Gasteiger partial charge in [0.2, 0.25) is 11.8 Å². The molecule has 9 nitrogen and oxygen atoms in total. The van der Waals surface area contributed by atoms with E-state index in [-0.39, 0.29) is 48.2 Å². The van der Waals surface area contributed by atoms with Gasteiger partial charge in [0.15, 0.2) is 9.84 Å². The lowest BCUT2D eigenvalue weighted by atomic mass is 9.98. The van der Waals surface area contributed by atoms with Crippen molar-refractivity contribution in [3.8, 4) is 0 Å². The molecule has 33 heavy (non-hydrogen) atoms. The number of fused-ring (bicyclic) bond motifs is 3. The largest absolute Gasteiger partial charge is 0.351 e. The van der Waals surface area contributed by atoms with Gasteiger partial charge in [0.1, 0.15) is 5.66 Å². The van der Waals surface area contributed by atoms with Crippen LogP contribution in [0.5, 0.6) is 0 Å². The summed E-state index contributed by atoms with van der Waals surface area (Å²) in [6, 6.07) is 6.46. The number of nitrogens with zero attached hydrogens (tertiary/aromatic N) is 3. The highest BCUT2D eigenvalue weighted by Gasteiger charge is 2.53. The third-order valence-corrected chi connectivity index (χ3v) is 9.30. The summed E-state index contributed by atoms with van der Waals surface area (Å²) in [6.07, 6.45) is 2.99. The fourth-order valence-corrected chi connectivity index (χ4v) is 7.89. The molecule has 3 unspecified atom stereocenters. The average Bonchev–Trinajstić information content (AvgIpc) is 3.46. The number of para-hydroxylation sites is 1. The lowest BCUT2D eigenvalue weighted by Crippen LogP contribution is -2.62. The van der Waals surface area contributed by atoms with Gasteiger partial charge in [0, 0.05) is 25.4 Å². The molecule has 0 radical (unpaired) electrons. The van der Waals surface area contributed by atoms with Crippen LogP contribution in [0, 0.1) is 0 Å². The second kappa shape index (κ2) is 8.09. The van der Waals surface area contributed by atoms with Crippen molar-refractivity contribution in [2.24, 2.45) is 0 Å². The molecule has 0 bridgehead atoms. The number of sulfone groups is 1. The molecule has 4 heterocycles. The number of hydrogen-bond donors (Lipinski definition) is 1. The monoisotopic (exact) mass is 474 g/mol. The van der Waals surface area contributed by atoms with Crippen LogP contribution in [0.15, 0.2) is 24.3 Å². The molecule has 1 aromatic carbocycles. The maximum absolute atomic E-state index is 13.3. The van der Waals surface area contributed by atoms with Crippen LogP contribution in [0.25, 0.3) is 0 Å². The van der Waals surface area contributed by atoms with Crippen LogP contribution >= 0.6 is 0 Å². The highest BCUT2D eigenvalue weighted by Crippen LogP contribution is 2.43. The number of anilines is 1. The SMILES string of the molecule is CC12CCC(=O)N1c1ccccc1C(=O)N2CCC(=O)NC1CS(=O)(=O)CC1N1CCCC1. The zero-order chi connectivity index (χ0) is 23.4. The van der Waals surface area contributed by atoms with E-state index in [1.54, 1.807) is 28.0 Å². The lowest BCUT2D eigenvalue weighted by Gasteiger charge is -2.48. The molecular formula is C23H30N4O5S. The smallest absolute Gasteiger partial charge is 0.257 e. The molecule has 3 fully saturated rings. The van der Waals surface area contributed by atoms with E-state index in [0.717, 1.165) is 25.9 Å². The second-order valence-corrected chi connectivity index (χ2v) is 11.9. The van der Waals surface area contributed by atoms with E-state index < -0.39 is 21.5 Å². The molecule has 5 rings (SSSR count). The minimum absolute atomic E-state index is 0.0310. The molecule has 4 aliphatic heterocycles. The van der Waals surface area contributed by atoms with Crippen molar-refractivity contribution in [2.75, 3.05) is 36.0 Å². The topological polar surface area (TPSA) is 107 Å². The molecule has 0 spiro atoms. The summed E-state index contributed by atoms with van der Waals surface area (Å²) in [5.41, 5.74) is 0.275. The van der Waals surface area contributed by atoms with E-state index in [0.29, 0.717) is 24.1 Å². The van der Waals surface area contributed by atoms with Gasteiger partial charge in [-0.25, -0.2) is 8.42 Å². The molecule has 4 aliphatic rings. The summed E-state index contributed by atoms with van der Waals surface area (Å²) >= 11 is 0. The van der Waals surface area contributed by atoms with Gasteiger partial charge in [-0.3, -0.25) is 24.2 Å². The van der Waals surface area contributed by atoms with Crippen LogP contribution in [0.4, 0.5) is 5.69 Å². The van der Waals surface area contributed by atoms with Crippen molar-refractivity contribution >= 4 is 33.2 Å². The molecule has 3 amide bonds. The maximum Gasteiger partial charge on any atom is 0.257 e. The zero-order valence-electron chi connectivity index (χ0n) is 18.8. The van der Waals surface area contributed by atoms with Gasteiger partial charge in [-0.05, 0) is 51.4 Å². The summed E-state index contributed by atoms with van der Waals surface area (Å²) in [7, 11) is -3.20. The quantitative estimate of drug-likeness (QED) is 0.675. The molecule has 0 saturated carbocycles. The van der Waals surface area contributed by atoms with E-state index in [1.165, 1.54) is 0 Å². The summed E-state index contributed by atoms with van der Waals surface area (Å²) in [5.74, 6) is -0.459. The van der Waals surface area contributed by atoms with Gasteiger partial charge in [0.05, 0.1) is 28.8 Å². The molecule has 0 aromatic heterocycles. The Bertz CT molecular complexity index is 1100. The number of benzene rings is 1. The first-order valence-electron chi connectivity index (χ1n) is 11.7. The lowest BCUT2D eigenvalue weighted by molar-refractivity contribution is -0.122. The average molecular weight is 475 g/mol. The minimum Gasteiger partial charge on any atom is -0.351 e. The number of likely N-dealkylation sites (tertiary alicyclic amines) is 1. The van der Waals surface area contributed by atoms with Crippen molar-refractivity contribution in [3.05, 3.63) is 29.8 Å². The Labute approximate surface area is 194 Å². The molecule has 3 saturated heterocycles. The molecule has 3 atom stereocenters. The summed E-state index contributed by atoms with van der Waals surface area (Å²) in [4.78, 5) is 44.3. The van der Waals surface area contributed by atoms with E-state index in [4.69, 9.17) is 0 Å². The van der Waals surface area contributed by atoms with Crippen LogP contribution in [0.2, 0.25) is 0 Å². The first-order valence-corrected chi connectivity index (χ1v) is 13.5. The molecule has 0 aliphatic carbocycles. The van der Waals surface area contributed by atoms with Crippen molar-refractivity contribution in [1.29, 1.82) is 0 Å². The van der Waals surface area contributed by atoms with Crippen LogP contribution in [0.3, 0.4) is 0 Å². The Kier molecular flexibility index (Phi) is 5.48. The van der Waals surface area contributed by atoms with E-state index >= 15 is 0 Å². The van der Waals surface area contributed by atoms with Gasteiger partial charge in [-0.1, -0.05) is 12.1 Å². The number of amides is 3. The van der Waals surface area contributed by atoms with E-state index in [9.17, 15) is 22.8 Å². The first-order chi connectivity index (χ1) is 15.7. The first kappa shape index (κ1) is 22.3. The van der Waals surface area contributed by atoms with Crippen LogP contribution in [-0.2, 0) is 19.4 Å². The number of nitrogens with one attached hydrogen (secondary N) is 1. The predicted molar refractivity (Wildman–Crippen MR) is 122 cm³/mol. The normalized spacial score (nSPS) is 31.1. The minimum atomic E-state index is -3.20. The summed E-state index contributed by atoms with van der Waals surface area (Å²) in [5, 5.41) is 2.94. The molecule has 1 aromatic rings. The molecule has 1 N–H and O–H groups in total. The maximum atomic E-state index is 13.3. The third kappa shape index (κ3) is 3.82. The Morgan fingerprint density at radius 1 is 1.15 bits per heavy atom. The Morgan fingerprint density at radius 3 is 2.64 bits per heavy atom. The fourth-order valence-electron chi connectivity index (χ4n) is 5.93. The van der Waals surface area contributed by atoms with Crippen LogP contribution in [0.1, 0.15) is 49.4 Å². The van der Waals surface area contributed by atoms with Crippen LogP contribution < -0.4 is 10.2 Å². The zero-order valence-corrected chi connectivity index (χ0v) is 19.6. The Balaban J connectivity index is 1.30. The highest BCUT2D eigenvalue weighted by molar-refractivity contribution is 7.91. The van der Waals surface area contributed by atoms with Gasteiger partial charge >= 0.3 is 0 Å².